The van der Waals surface area contributed by atoms with Crippen LogP contribution in [0.1, 0.15) is 43.2 Å². The van der Waals surface area contributed by atoms with Crippen molar-refractivity contribution < 1.29 is 4.79 Å². The quantitative estimate of drug-likeness (QED) is 0.740. The molecule has 1 aliphatic heterocycles. The molecule has 3 nitrogen and oxygen atoms in total. The summed E-state index contributed by atoms with van der Waals surface area (Å²) in [4.78, 5) is 18.2. The zero-order valence-electron chi connectivity index (χ0n) is 9.45. The first kappa shape index (κ1) is 10.1. The maximum atomic E-state index is 12.1. The number of pyridine rings is 1. The molecular weight excluding hydrogens is 188 g/mol. The molecule has 0 saturated heterocycles. The number of hydrogen-bond donors (Lipinski definition) is 0. The Morgan fingerprint density at radius 3 is 2.87 bits per heavy atom. The fraction of sp³-hybridized carbons (Fsp3) is 0.500. The first-order chi connectivity index (χ1) is 7.06. The van der Waals surface area contributed by atoms with Crippen LogP contribution in [0.5, 0.6) is 0 Å². The molecule has 1 aromatic heterocycles. The summed E-state index contributed by atoms with van der Waals surface area (Å²) in [6.45, 7) is 6.94. The second-order valence-corrected chi connectivity index (χ2v) is 4.55. The molecule has 1 aliphatic rings. The van der Waals surface area contributed by atoms with Gasteiger partial charge in [-0.1, -0.05) is 6.92 Å². The van der Waals surface area contributed by atoms with Crippen molar-refractivity contribution in [1.29, 1.82) is 0 Å². The molecule has 0 aliphatic carbocycles. The first-order valence-electron chi connectivity index (χ1n) is 5.32. The highest BCUT2D eigenvalue weighted by atomic mass is 16.2. The highest BCUT2D eigenvalue weighted by Gasteiger charge is 2.36. The Morgan fingerprint density at radius 1 is 1.53 bits per heavy atom. The highest BCUT2D eigenvalue weighted by molar-refractivity contribution is 5.98. The summed E-state index contributed by atoms with van der Waals surface area (Å²) in [7, 11) is 0. The number of amides is 1. The van der Waals surface area contributed by atoms with Crippen LogP contribution in [0.3, 0.4) is 0 Å². The van der Waals surface area contributed by atoms with Gasteiger partial charge in [-0.2, -0.15) is 0 Å². The lowest BCUT2D eigenvalue weighted by Gasteiger charge is -2.34. The van der Waals surface area contributed by atoms with Crippen LogP contribution in [0.2, 0.25) is 0 Å². The topological polar surface area (TPSA) is 33.2 Å². The maximum Gasteiger partial charge on any atom is 0.256 e. The number of fused-ring (bicyclic) bond motifs is 1. The molecule has 0 bridgehead atoms. The molecule has 15 heavy (non-hydrogen) atoms. The van der Waals surface area contributed by atoms with E-state index in [1.54, 1.807) is 6.20 Å². The van der Waals surface area contributed by atoms with Crippen molar-refractivity contribution in [3.05, 3.63) is 29.6 Å². The molecule has 0 N–H and O–H groups in total. The van der Waals surface area contributed by atoms with Gasteiger partial charge in [0.2, 0.25) is 0 Å². The summed E-state index contributed by atoms with van der Waals surface area (Å²) in [5.74, 6) is 0.116. The van der Waals surface area contributed by atoms with Crippen LogP contribution in [0.4, 0.5) is 0 Å². The number of carbonyl (C=O) groups excluding carboxylic acids is 1. The fourth-order valence-corrected chi connectivity index (χ4v) is 1.81. The lowest BCUT2D eigenvalue weighted by atomic mass is 10.00. The number of nitrogens with zero attached hydrogens (tertiary/aromatic N) is 2. The van der Waals surface area contributed by atoms with Gasteiger partial charge in [-0.3, -0.25) is 9.78 Å². The third-order valence-electron chi connectivity index (χ3n) is 3.27. The Balaban J connectivity index is 2.35. The van der Waals surface area contributed by atoms with E-state index >= 15 is 0 Å². The van der Waals surface area contributed by atoms with Gasteiger partial charge in [0.15, 0.2) is 0 Å². The number of hydrogen-bond acceptors (Lipinski definition) is 2. The highest BCUT2D eigenvalue weighted by Crippen LogP contribution is 2.29. The molecule has 2 heterocycles. The first-order valence-corrected chi connectivity index (χ1v) is 5.32. The van der Waals surface area contributed by atoms with Crippen LogP contribution < -0.4 is 0 Å². The number of carbonyl (C=O) groups is 1. The molecule has 0 unspecified atom stereocenters. The molecule has 1 aromatic rings. The van der Waals surface area contributed by atoms with Crippen molar-refractivity contribution in [2.45, 2.75) is 39.3 Å². The Kier molecular flexibility index (Phi) is 2.25. The molecule has 0 spiro atoms. The summed E-state index contributed by atoms with van der Waals surface area (Å²) < 4.78 is 0. The van der Waals surface area contributed by atoms with Crippen LogP contribution in [0, 0.1) is 0 Å². The predicted octanol–water partition coefficient (Wildman–Crippen LogP) is 2.23. The minimum Gasteiger partial charge on any atom is -0.328 e. The Bertz CT molecular complexity index is 398. The van der Waals surface area contributed by atoms with Gasteiger partial charge in [0, 0.05) is 11.7 Å². The van der Waals surface area contributed by atoms with Crippen molar-refractivity contribution in [3.8, 4) is 0 Å². The molecule has 2 rings (SSSR count). The van der Waals surface area contributed by atoms with E-state index in [1.165, 1.54) is 0 Å². The second-order valence-electron chi connectivity index (χ2n) is 4.55. The fourth-order valence-electron chi connectivity index (χ4n) is 1.81. The molecule has 3 heteroatoms. The van der Waals surface area contributed by atoms with Gasteiger partial charge >= 0.3 is 0 Å². The predicted molar refractivity (Wildman–Crippen MR) is 58.5 cm³/mol. The summed E-state index contributed by atoms with van der Waals surface area (Å²) in [6.07, 6.45) is 2.70. The molecule has 0 aromatic carbocycles. The maximum absolute atomic E-state index is 12.1. The minimum absolute atomic E-state index is 0.0855. The van der Waals surface area contributed by atoms with Crippen LogP contribution >= 0.6 is 0 Å². The van der Waals surface area contributed by atoms with Crippen molar-refractivity contribution in [1.82, 2.24) is 9.88 Å². The average Bonchev–Trinajstić information content (AvgIpc) is 2.58. The van der Waals surface area contributed by atoms with E-state index in [9.17, 15) is 4.79 Å². The second kappa shape index (κ2) is 3.33. The lowest BCUT2D eigenvalue weighted by Crippen LogP contribution is -2.43. The van der Waals surface area contributed by atoms with Crippen molar-refractivity contribution in [3.63, 3.8) is 0 Å². The monoisotopic (exact) mass is 204 g/mol. The van der Waals surface area contributed by atoms with E-state index in [0.29, 0.717) is 6.54 Å². The zero-order valence-corrected chi connectivity index (χ0v) is 9.45. The Hall–Kier alpha value is -1.38. The normalized spacial score (nSPS) is 15.7. The zero-order chi connectivity index (χ0) is 11.1. The number of rotatable bonds is 2. The van der Waals surface area contributed by atoms with Gasteiger partial charge in [0.1, 0.15) is 0 Å². The van der Waals surface area contributed by atoms with E-state index in [-0.39, 0.29) is 11.4 Å². The smallest absolute Gasteiger partial charge is 0.256 e. The van der Waals surface area contributed by atoms with E-state index in [1.807, 2.05) is 17.0 Å². The van der Waals surface area contributed by atoms with E-state index in [4.69, 9.17) is 0 Å². The largest absolute Gasteiger partial charge is 0.328 e. The van der Waals surface area contributed by atoms with Crippen LogP contribution in [0.25, 0.3) is 0 Å². The van der Waals surface area contributed by atoms with Crippen LogP contribution in [-0.4, -0.2) is 21.3 Å². The molecule has 1 amide bonds. The van der Waals surface area contributed by atoms with Gasteiger partial charge in [-0.05, 0) is 32.4 Å². The van der Waals surface area contributed by atoms with Gasteiger partial charge < -0.3 is 4.90 Å². The molecule has 0 atom stereocenters. The van der Waals surface area contributed by atoms with Crippen LogP contribution in [0.15, 0.2) is 18.3 Å². The Labute approximate surface area is 90.1 Å². The van der Waals surface area contributed by atoms with E-state index in [0.717, 1.165) is 17.7 Å². The summed E-state index contributed by atoms with van der Waals surface area (Å²) in [5.41, 5.74) is 1.58. The molecule has 0 fully saturated rings. The van der Waals surface area contributed by atoms with Crippen molar-refractivity contribution in [2.75, 3.05) is 0 Å². The molecule has 0 saturated carbocycles. The van der Waals surface area contributed by atoms with Crippen molar-refractivity contribution in [2.24, 2.45) is 0 Å². The SMILES string of the molecule is CCC(C)(C)N1Cc2ncccc2C1=O. The molecule has 0 radical (unpaired) electrons. The van der Waals surface area contributed by atoms with Crippen LogP contribution in [-0.2, 0) is 6.54 Å². The van der Waals surface area contributed by atoms with Crippen molar-refractivity contribution >= 4 is 5.91 Å². The standard InChI is InChI=1S/C12H16N2O/c1-4-12(2,3)14-8-10-9(11(14)15)6-5-7-13-10/h5-7H,4,8H2,1-3H3. The van der Waals surface area contributed by atoms with E-state index < -0.39 is 0 Å². The summed E-state index contributed by atoms with van der Waals surface area (Å²) in [5, 5.41) is 0. The van der Waals surface area contributed by atoms with Gasteiger partial charge in [0.05, 0.1) is 17.8 Å². The molecule has 80 valence electrons. The lowest BCUT2D eigenvalue weighted by molar-refractivity contribution is 0.0564. The third-order valence-corrected chi connectivity index (χ3v) is 3.27. The van der Waals surface area contributed by atoms with E-state index in [2.05, 4.69) is 25.8 Å². The summed E-state index contributed by atoms with van der Waals surface area (Å²) >= 11 is 0. The van der Waals surface area contributed by atoms with Gasteiger partial charge in [0.25, 0.3) is 5.91 Å². The van der Waals surface area contributed by atoms with Gasteiger partial charge in [-0.25, -0.2) is 0 Å². The van der Waals surface area contributed by atoms with Gasteiger partial charge in [-0.15, -0.1) is 0 Å². The minimum atomic E-state index is -0.0855. The number of aromatic nitrogens is 1. The average molecular weight is 204 g/mol. The third kappa shape index (κ3) is 1.52. The Morgan fingerprint density at radius 2 is 2.27 bits per heavy atom. The molecular formula is C12H16N2O. The summed E-state index contributed by atoms with van der Waals surface area (Å²) in [6, 6.07) is 3.68.